The number of fused-ring (bicyclic) bond motifs is 2. The molecule has 0 spiro atoms. The molecule has 1 aromatic carbocycles. The lowest BCUT2D eigenvalue weighted by Gasteiger charge is -2.24. The second kappa shape index (κ2) is 10.2. The van der Waals surface area contributed by atoms with E-state index in [4.69, 9.17) is 4.98 Å². The van der Waals surface area contributed by atoms with Crippen LogP contribution in [0, 0.1) is 0 Å². The van der Waals surface area contributed by atoms with Gasteiger partial charge in [-0.05, 0) is 75.7 Å². The maximum Gasteiger partial charge on any atom is 0.278 e. The average molecular weight is 487 g/mol. The van der Waals surface area contributed by atoms with E-state index < -0.39 is 0 Å². The Balaban J connectivity index is 1.54. The number of hydrogen-bond donors (Lipinski definition) is 2. The Morgan fingerprint density at radius 3 is 2.78 bits per heavy atom. The van der Waals surface area contributed by atoms with Crippen LogP contribution in [0.25, 0.3) is 16.7 Å². The molecule has 0 atom stereocenters. The van der Waals surface area contributed by atoms with Crippen molar-refractivity contribution in [2.75, 3.05) is 18.4 Å². The van der Waals surface area contributed by atoms with Crippen LogP contribution in [0.4, 0.5) is 11.6 Å². The van der Waals surface area contributed by atoms with Crippen LogP contribution in [0.2, 0.25) is 0 Å². The molecule has 188 valence electrons. The first-order valence-corrected chi connectivity index (χ1v) is 12.8. The van der Waals surface area contributed by atoms with E-state index in [1.807, 2.05) is 23.7 Å². The molecule has 4 aromatic rings. The van der Waals surface area contributed by atoms with Gasteiger partial charge in [0.05, 0.1) is 11.4 Å². The summed E-state index contributed by atoms with van der Waals surface area (Å²) < 4.78 is 3.59. The van der Waals surface area contributed by atoms with Crippen molar-refractivity contribution in [2.24, 2.45) is 0 Å². The zero-order valence-corrected chi connectivity index (χ0v) is 21.5. The zero-order chi connectivity index (χ0) is 25.2. The molecule has 3 aromatic heterocycles. The predicted octanol–water partition coefficient (Wildman–Crippen LogP) is 3.62. The van der Waals surface area contributed by atoms with Gasteiger partial charge in [0.2, 0.25) is 5.95 Å². The van der Waals surface area contributed by atoms with Gasteiger partial charge in [-0.15, -0.1) is 0 Å². The minimum absolute atomic E-state index is 0.102. The smallest absolute Gasteiger partial charge is 0.278 e. The van der Waals surface area contributed by atoms with E-state index in [1.165, 1.54) is 11.1 Å². The first-order valence-electron chi connectivity index (χ1n) is 12.8. The summed E-state index contributed by atoms with van der Waals surface area (Å²) in [5, 5.41) is 7.24. The average Bonchev–Trinajstić information content (AvgIpc) is 3.18. The minimum atomic E-state index is -0.102. The van der Waals surface area contributed by atoms with Crippen LogP contribution in [0.5, 0.6) is 0 Å². The predicted molar refractivity (Wildman–Crippen MR) is 143 cm³/mol. The molecule has 0 radical (unpaired) electrons. The van der Waals surface area contributed by atoms with Crippen LogP contribution in [0.3, 0.4) is 0 Å². The second-order valence-corrected chi connectivity index (χ2v) is 9.46. The van der Waals surface area contributed by atoms with Gasteiger partial charge in [-0.25, -0.2) is 14.3 Å². The summed E-state index contributed by atoms with van der Waals surface area (Å²) in [6.45, 7) is 12.6. The molecule has 4 heterocycles. The van der Waals surface area contributed by atoms with E-state index in [-0.39, 0.29) is 5.56 Å². The molecule has 1 aliphatic heterocycles. The summed E-state index contributed by atoms with van der Waals surface area (Å²) in [6, 6.07) is 10.7. The summed E-state index contributed by atoms with van der Waals surface area (Å²) in [4.78, 5) is 29.4. The highest BCUT2D eigenvalue weighted by molar-refractivity contribution is 5.77. The van der Waals surface area contributed by atoms with Gasteiger partial charge < -0.3 is 10.6 Å². The van der Waals surface area contributed by atoms with Crippen molar-refractivity contribution in [3.63, 3.8) is 0 Å². The van der Waals surface area contributed by atoms with Crippen LogP contribution in [0.15, 0.2) is 47.5 Å². The van der Waals surface area contributed by atoms with Gasteiger partial charge in [0.1, 0.15) is 5.39 Å². The molecule has 0 bridgehead atoms. The Morgan fingerprint density at radius 1 is 1.14 bits per heavy atom. The quantitative estimate of drug-likeness (QED) is 0.393. The van der Waals surface area contributed by atoms with E-state index >= 15 is 0 Å². The number of aromatic nitrogens is 5. The van der Waals surface area contributed by atoms with Gasteiger partial charge in [0.15, 0.2) is 5.65 Å². The monoisotopic (exact) mass is 486 g/mol. The normalized spacial score (nSPS) is 13.5. The van der Waals surface area contributed by atoms with Crippen molar-refractivity contribution in [3.05, 3.63) is 69.9 Å². The molecule has 0 aliphatic carbocycles. The van der Waals surface area contributed by atoms with Gasteiger partial charge in [-0.3, -0.25) is 14.7 Å². The summed E-state index contributed by atoms with van der Waals surface area (Å²) in [6.07, 6.45) is 4.46. The SMILES string of the molecule is CCN(Cc1cc(-n2c3nc(Nc4ccc5c(c4)CNCC5)ncc3c(=O)n2CC)ccn1)C(C)C. The number of nitrogens with zero attached hydrogens (tertiary/aromatic N) is 6. The molecule has 0 saturated heterocycles. The molecule has 0 fully saturated rings. The van der Waals surface area contributed by atoms with E-state index in [0.717, 1.165) is 49.7 Å². The Bertz CT molecular complexity index is 1440. The fourth-order valence-electron chi connectivity index (χ4n) is 4.87. The number of nitrogens with one attached hydrogen (secondary N) is 2. The number of benzene rings is 1. The third-order valence-corrected chi connectivity index (χ3v) is 6.87. The summed E-state index contributed by atoms with van der Waals surface area (Å²) in [5.41, 5.74) is 5.88. The first kappa shape index (κ1) is 24.1. The molecule has 9 heteroatoms. The van der Waals surface area contributed by atoms with Crippen molar-refractivity contribution < 1.29 is 0 Å². The molecule has 0 unspecified atom stereocenters. The summed E-state index contributed by atoms with van der Waals surface area (Å²) >= 11 is 0. The lowest BCUT2D eigenvalue weighted by Crippen LogP contribution is -2.30. The molecule has 9 nitrogen and oxygen atoms in total. The molecule has 36 heavy (non-hydrogen) atoms. The molecule has 5 rings (SSSR count). The van der Waals surface area contributed by atoms with E-state index in [0.29, 0.717) is 29.6 Å². The van der Waals surface area contributed by atoms with Crippen LogP contribution < -0.4 is 16.2 Å². The van der Waals surface area contributed by atoms with Gasteiger partial charge in [0.25, 0.3) is 5.56 Å². The van der Waals surface area contributed by atoms with Gasteiger partial charge >= 0.3 is 0 Å². The lowest BCUT2D eigenvalue weighted by molar-refractivity contribution is 0.222. The van der Waals surface area contributed by atoms with Crippen LogP contribution in [0.1, 0.15) is 44.5 Å². The fraction of sp³-hybridized carbons (Fsp3) is 0.407. The highest BCUT2D eigenvalue weighted by atomic mass is 16.1. The number of anilines is 2. The number of rotatable bonds is 8. The minimum Gasteiger partial charge on any atom is -0.324 e. The number of hydrogen-bond acceptors (Lipinski definition) is 7. The van der Waals surface area contributed by atoms with Gasteiger partial charge in [0, 0.05) is 43.8 Å². The molecule has 1 aliphatic rings. The van der Waals surface area contributed by atoms with Crippen LogP contribution in [-0.4, -0.2) is 48.3 Å². The van der Waals surface area contributed by atoms with Crippen molar-refractivity contribution in [3.8, 4) is 5.69 Å². The van der Waals surface area contributed by atoms with Gasteiger partial charge in [-0.1, -0.05) is 13.0 Å². The standard InChI is InChI=1S/C27H34N8O/c1-5-33(18(3)4)17-22-14-23(10-12-29-22)35-25-24(26(36)34(35)6-2)16-30-27(32-25)31-21-8-7-19-9-11-28-15-20(19)13-21/h7-8,10,12-14,16,18,28H,5-6,9,11,15,17H2,1-4H3,(H,30,31,32). The zero-order valence-electron chi connectivity index (χ0n) is 21.5. The first-order chi connectivity index (χ1) is 17.5. The van der Waals surface area contributed by atoms with Crippen LogP contribution >= 0.6 is 0 Å². The molecule has 0 saturated carbocycles. The molecular weight excluding hydrogens is 452 g/mol. The van der Waals surface area contributed by atoms with E-state index in [2.05, 4.69) is 64.5 Å². The van der Waals surface area contributed by atoms with Crippen molar-refractivity contribution in [2.45, 2.75) is 59.8 Å². The summed E-state index contributed by atoms with van der Waals surface area (Å²) in [7, 11) is 0. The highest BCUT2D eigenvalue weighted by Crippen LogP contribution is 2.23. The Kier molecular flexibility index (Phi) is 6.84. The van der Waals surface area contributed by atoms with E-state index in [9.17, 15) is 4.79 Å². The third-order valence-electron chi connectivity index (χ3n) is 6.87. The number of pyridine rings is 1. The highest BCUT2D eigenvalue weighted by Gasteiger charge is 2.18. The molecular formula is C27H34N8O. The van der Waals surface area contributed by atoms with Crippen molar-refractivity contribution in [1.29, 1.82) is 0 Å². The maximum absolute atomic E-state index is 13.2. The van der Waals surface area contributed by atoms with Crippen molar-refractivity contribution >= 4 is 22.7 Å². The second-order valence-electron chi connectivity index (χ2n) is 9.46. The topological polar surface area (TPSA) is 92.9 Å². The Morgan fingerprint density at radius 2 is 2.00 bits per heavy atom. The summed E-state index contributed by atoms with van der Waals surface area (Å²) in [5.74, 6) is 0.458. The maximum atomic E-state index is 13.2. The lowest BCUT2D eigenvalue weighted by atomic mass is 10.0. The van der Waals surface area contributed by atoms with E-state index in [1.54, 1.807) is 17.1 Å². The Hall–Kier alpha value is -3.56. The van der Waals surface area contributed by atoms with Crippen molar-refractivity contribution in [1.82, 2.24) is 34.5 Å². The third kappa shape index (κ3) is 4.64. The molecule has 0 amide bonds. The fourth-order valence-corrected chi connectivity index (χ4v) is 4.87. The molecule has 2 N–H and O–H groups in total. The van der Waals surface area contributed by atoms with Crippen LogP contribution in [-0.2, 0) is 26.1 Å². The largest absolute Gasteiger partial charge is 0.324 e. The van der Waals surface area contributed by atoms with Gasteiger partial charge in [-0.2, -0.15) is 4.98 Å². The Labute approximate surface area is 211 Å².